The lowest BCUT2D eigenvalue weighted by Crippen LogP contribution is -2.16. The average Bonchev–Trinajstić information content (AvgIpc) is 2.24. The van der Waals surface area contributed by atoms with Gasteiger partial charge in [-0.1, -0.05) is 19.3 Å². The molecule has 3 heteroatoms. The molecule has 0 spiro atoms. The zero-order chi connectivity index (χ0) is 11.4. The van der Waals surface area contributed by atoms with Crippen molar-refractivity contribution < 1.29 is 9.53 Å². The van der Waals surface area contributed by atoms with Crippen LogP contribution in [0.25, 0.3) is 0 Å². The predicted molar refractivity (Wildman–Crippen MR) is 61.7 cm³/mol. The zero-order valence-electron chi connectivity index (χ0n) is 9.61. The monoisotopic (exact) mass is 219 g/mol. The van der Waals surface area contributed by atoms with Gasteiger partial charge in [0.05, 0.1) is 12.8 Å². The van der Waals surface area contributed by atoms with Gasteiger partial charge in [-0.3, -0.25) is 9.78 Å². The van der Waals surface area contributed by atoms with E-state index in [0.717, 1.165) is 0 Å². The lowest BCUT2D eigenvalue weighted by Gasteiger charge is -2.24. The Bertz CT molecular complexity index is 372. The molecule has 3 nitrogen and oxygen atoms in total. The molecule has 0 aromatic carbocycles. The molecule has 0 N–H and O–H groups in total. The van der Waals surface area contributed by atoms with E-state index in [-0.39, 0.29) is 5.78 Å². The lowest BCUT2D eigenvalue weighted by molar-refractivity contribution is 0.0935. The Kier molecular flexibility index (Phi) is 3.54. The van der Waals surface area contributed by atoms with Crippen LogP contribution in [0.2, 0.25) is 0 Å². The van der Waals surface area contributed by atoms with Crippen LogP contribution in [0, 0.1) is 5.92 Å². The van der Waals surface area contributed by atoms with Crippen molar-refractivity contribution in [1.82, 2.24) is 4.98 Å². The number of hydrogen-bond acceptors (Lipinski definition) is 3. The van der Waals surface area contributed by atoms with Gasteiger partial charge in [-0.15, -0.1) is 0 Å². The Hall–Kier alpha value is -1.38. The molecule has 1 aliphatic rings. The summed E-state index contributed by atoms with van der Waals surface area (Å²) in [6, 6.07) is 1.79. The van der Waals surface area contributed by atoms with Crippen molar-refractivity contribution in [1.29, 1.82) is 0 Å². The van der Waals surface area contributed by atoms with Gasteiger partial charge < -0.3 is 4.74 Å². The second-order valence-electron chi connectivity index (χ2n) is 4.27. The first kappa shape index (κ1) is 11.1. The first-order valence-electron chi connectivity index (χ1n) is 5.90. The largest absolute Gasteiger partial charge is 0.492 e. The quantitative estimate of drug-likeness (QED) is 0.715. The van der Waals surface area contributed by atoms with Crippen LogP contribution in [0.15, 0.2) is 18.5 Å². The van der Waals surface area contributed by atoms with Crippen LogP contribution in [-0.4, -0.2) is 17.4 Å². The Labute approximate surface area is 95.8 Å². The lowest BCUT2D eigenvalue weighted by atomic mass is 9.81. The number of rotatable bonds is 5. The molecule has 2 rings (SSSR count). The maximum atomic E-state index is 11.9. The smallest absolute Gasteiger partial charge is 0.164 e. The van der Waals surface area contributed by atoms with Crippen LogP contribution in [0.4, 0.5) is 0 Å². The number of carbonyl (C=O) groups is 1. The molecule has 1 fully saturated rings. The first-order chi connectivity index (χ1) is 7.79. The SMILES string of the molecule is CCOc1cncc(C(=O)CC2CCC2)c1. The van der Waals surface area contributed by atoms with E-state index in [2.05, 4.69) is 4.98 Å². The Morgan fingerprint density at radius 3 is 2.94 bits per heavy atom. The third-order valence-corrected chi connectivity index (χ3v) is 3.04. The molecule has 1 aliphatic carbocycles. The Morgan fingerprint density at radius 1 is 1.50 bits per heavy atom. The molecule has 86 valence electrons. The summed E-state index contributed by atoms with van der Waals surface area (Å²) >= 11 is 0. The Morgan fingerprint density at radius 2 is 2.31 bits per heavy atom. The van der Waals surface area contributed by atoms with Crippen molar-refractivity contribution in [3.63, 3.8) is 0 Å². The fourth-order valence-corrected chi connectivity index (χ4v) is 1.89. The molecule has 0 radical (unpaired) electrons. The number of ether oxygens (including phenoxy) is 1. The highest BCUT2D eigenvalue weighted by Crippen LogP contribution is 2.30. The highest BCUT2D eigenvalue weighted by molar-refractivity contribution is 5.96. The molecule has 0 bridgehead atoms. The van der Waals surface area contributed by atoms with Crippen molar-refractivity contribution in [3.8, 4) is 5.75 Å². The summed E-state index contributed by atoms with van der Waals surface area (Å²) in [7, 11) is 0. The van der Waals surface area contributed by atoms with E-state index in [1.54, 1.807) is 18.5 Å². The van der Waals surface area contributed by atoms with Crippen LogP contribution in [0.1, 0.15) is 43.0 Å². The molecule has 0 atom stereocenters. The minimum atomic E-state index is 0.193. The second kappa shape index (κ2) is 5.10. The van der Waals surface area contributed by atoms with E-state index < -0.39 is 0 Å². The van der Waals surface area contributed by atoms with Crippen LogP contribution >= 0.6 is 0 Å². The van der Waals surface area contributed by atoms with Crippen LogP contribution in [-0.2, 0) is 0 Å². The Balaban J connectivity index is 2.00. The first-order valence-corrected chi connectivity index (χ1v) is 5.90. The maximum Gasteiger partial charge on any atom is 0.164 e. The molecule has 0 aliphatic heterocycles. The van der Waals surface area contributed by atoms with E-state index in [4.69, 9.17) is 4.74 Å². The normalized spacial score (nSPS) is 15.6. The molecule has 0 saturated heterocycles. The van der Waals surface area contributed by atoms with Gasteiger partial charge in [0.2, 0.25) is 0 Å². The number of hydrogen-bond donors (Lipinski definition) is 0. The van der Waals surface area contributed by atoms with E-state index >= 15 is 0 Å². The topological polar surface area (TPSA) is 39.2 Å². The maximum absolute atomic E-state index is 11.9. The summed E-state index contributed by atoms with van der Waals surface area (Å²) in [5, 5.41) is 0. The number of pyridine rings is 1. The van der Waals surface area contributed by atoms with E-state index in [1.165, 1.54) is 19.3 Å². The average molecular weight is 219 g/mol. The zero-order valence-corrected chi connectivity index (χ0v) is 9.61. The third-order valence-electron chi connectivity index (χ3n) is 3.04. The van der Waals surface area contributed by atoms with Crippen molar-refractivity contribution in [2.24, 2.45) is 5.92 Å². The molecular weight excluding hydrogens is 202 g/mol. The minimum absolute atomic E-state index is 0.193. The molecule has 0 unspecified atom stereocenters. The van der Waals surface area contributed by atoms with Gasteiger partial charge in [-0.05, 0) is 18.9 Å². The fraction of sp³-hybridized carbons (Fsp3) is 0.538. The van der Waals surface area contributed by atoms with Gasteiger partial charge in [0.25, 0.3) is 0 Å². The fourth-order valence-electron chi connectivity index (χ4n) is 1.89. The number of nitrogens with zero attached hydrogens (tertiary/aromatic N) is 1. The molecule has 0 amide bonds. The number of aromatic nitrogens is 1. The van der Waals surface area contributed by atoms with Crippen molar-refractivity contribution >= 4 is 5.78 Å². The standard InChI is InChI=1S/C13H17NO2/c1-2-16-12-7-11(8-14-9-12)13(15)6-10-4-3-5-10/h7-10H,2-6H2,1H3. The van der Waals surface area contributed by atoms with Crippen molar-refractivity contribution in [2.45, 2.75) is 32.6 Å². The molecule has 16 heavy (non-hydrogen) atoms. The predicted octanol–water partition coefficient (Wildman–Crippen LogP) is 2.85. The van der Waals surface area contributed by atoms with Crippen molar-refractivity contribution in [3.05, 3.63) is 24.0 Å². The molecule has 1 heterocycles. The van der Waals surface area contributed by atoms with Crippen LogP contribution in [0.3, 0.4) is 0 Å². The van der Waals surface area contributed by atoms with Gasteiger partial charge in [-0.2, -0.15) is 0 Å². The molecule has 1 aromatic heterocycles. The summed E-state index contributed by atoms with van der Waals surface area (Å²) in [6.07, 6.45) is 7.61. The molecular formula is C13H17NO2. The van der Waals surface area contributed by atoms with Gasteiger partial charge in [0.15, 0.2) is 5.78 Å². The summed E-state index contributed by atoms with van der Waals surface area (Å²) in [5.74, 6) is 1.48. The summed E-state index contributed by atoms with van der Waals surface area (Å²) in [6.45, 7) is 2.52. The summed E-state index contributed by atoms with van der Waals surface area (Å²) in [5.41, 5.74) is 0.679. The summed E-state index contributed by atoms with van der Waals surface area (Å²) in [4.78, 5) is 15.9. The van der Waals surface area contributed by atoms with Crippen LogP contribution < -0.4 is 4.74 Å². The van der Waals surface area contributed by atoms with Crippen LogP contribution in [0.5, 0.6) is 5.75 Å². The number of Topliss-reactive ketones (excluding diaryl/α,β-unsaturated/α-hetero) is 1. The van der Waals surface area contributed by atoms with E-state index in [0.29, 0.717) is 30.3 Å². The highest BCUT2D eigenvalue weighted by atomic mass is 16.5. The van der Waals surface area contributed by atoms with E-state index in [9.17, 15) is 4.79 Å². The molecule has 1 aromatic rings. The van der Waals surface area contributed by atoms with Crippen molar-refractivity contribution in [2.75, 3.05) is 6.61 Å². The molecule has 1 saturated carbocycles. The number of carbonyl (C=O) groups excluding carboxylic acids is 1. The van der Waals surface area contributed by atoms with Gasteiger partial charge in [0.1, 0.15) is 5.75 Å². The van der Waals surface area contributed by atoms with Gasteiger partial charge in [0, 0.05) is 18.2 Å². The van der Waals surface area contributed by atoms with Gasteiger partial charge >= 0.3 is 0 Å². The third kappa shape index (κ3) is 2.60. The highest BCUT2D eigenvalue weighted by Gasteiger charge is 2.21. The van der Waals surface area contributed by atoms with Gasteiger partial charge in [-0.25, -0.2) is 0 Å². The van der Waals surface area contributed by atoms with E-state index in [1.807, 2.05) is 6.92 Å². The minimum Gasteiger partial charge on any atom is -0.492 e. The second-order valence-corrected chi connectivity index (χ2v) is 4.27. The summed E-state index contributed by atoms with van der Waals surface area (Å²) < 4.78 is 5.33. The number of ketones is 1.